The predicted octanol–water partition coefficient (Wildman–Crippen LogP) is 3.08. The minimum atomic E-state index is -0.518. The van der Waals surface area contributed by atoms with Crippen LogP contribution in [0.5, 0.6) is 0 Å². The van der Waals surface area contributed by atoms with Crippen molar-refractivity contribution in [3.05, 3.63) is 26.9 Å². The number of hydrogen-bond donors (Lipinski definition) is 2. The first-order valence-corrected chi connectivity index (χ1v) is 7.49. The Kier molecular flexibility index (Phi) is 6.54. The number of alkyl carbamates (subject to hydrolysis) is 1. The second kappa shape index (κ2) is 7.92. The lowest BCUT2D eigenvalue weighted by Crippen LogP contribution is -2.33. The van der Waals surface area contributed by atoms with E-state index in [1.54, 1.807) is 20.8 Å². The van der Waals surface area contributed by atoms with Crippen LogP contribution in [0.1, 0.15) is 27.2 Å². The van der Waals surface area contributed by atoms with Crippen LogP contribution in [0.25, 0.3) is 0 Å². The maximum absolute atomic E-state index is 11.4. The van der Waals surface area contributed by atoms with Gasteiger partial charge in [0.05, 0.1) is 9.40 Å². The number of nitrogens with zero attached hydrogens (tertiary/aromatic N) is 2. The monoisotopic (exact) mass is 374 g/mol. The minimum absolute atomic E-state index is 0.0796. The smallest absolute Gasteiger partial charge is 0.407 e. The fourth-order valence-electron chi connectivity index (χ4n) is 1.46. The maximum atomic E-state index is 11.4. The molecule has 0 aliphatic carbocycles. The molecule has 0 bridgehead atoms. The molecule has 0 saturated heterocycles. The molecule has 0 spiro atoms. The molecule has 2 N–H and O–H groups in total. The first-order chi connectivity index (χ1) is 10.2. The number of amides is 1. The number of carbonyl (C=O) groups is 1. The third-order valence-corrected chi connectivity index (χ3v) is 2.96. The molecule has 122 valence electrons. The van der Waals surface area contributed by atoms with Gasteiger partial charge in [-0.3, -0.25) is 10.1 Å². The van der Waals surface area contributed by atoms with E-state index in [0.29, 0.717) is 29.8 Å². The molecule has 1 aromatic rings. The van der Waals surface area contributed by atoms with Gasteiger partial charge in [0.2, 0.25) is 0 Å². The van der Waals surface area contributed by atoms with E-state index in [1.165, 1.54) is 12.3 Å². The van der Waals surface area contributed by atoms with E-state index < -0.39 is 16.6 Å². The number of ether oxygens (including phenoxy) is 1. The number of nitrogens with one attached hydrogen (secondary N) is 2. The van der Waals surface area contributed by atoms with Crippen LogP contribution in [0.15, 0.2) is 16.7 Å². The van der Waals surface area contributed by atoms with E-state index in [1.807, 2.05) is 0 Å². The van der Waals surface area contributed by atoms with E-state index in [2.05, 4.69) is 31.5 Å². The van der Waals surface area contributed by atoms with Crippen molar-refractivity contribution in [2.45, 2.75) is 32.8 Å². The lowest BCUT2D eigenvalue weighted by Gasteiger charge is -2.19. The van der Waals surface area contributed by atoms with Gasteiger partial charge in [0.15, 0.2) is 0 Å². The number of carbonyl (C=O) groups excluding carboxylic acids is 1. The second-order valence-corrected chi connectivity index (χ2v) is 6.34. The molecule has 1 heterocycles. The van der Waals surface area contributed by atoms with Crippen LogP contribution in [0.2, 0.25) is 0 Å². The summed E-state index contributed by atoms with van der Waals surface area (Å²) in [7, 11) is 0. The van der Waals surface area contributed by atoms with Gasteiger partial charge in [0.1, 0.15) is 17.6 Å². The third kappa shape index (κ3) is 6.70. The zero-order valence-corrected chi connectivity index (χ0v) is 14.3. The third-order valence-electron chi connectivity index (χ3n) is 2.35. The SMILES string of the molecule is CC(C)(C)OC(=O)NCCCNc1ncc([N+](=O)[O-])cc1Br. The van der Waals surface area contributed by atoms with Crippen LogP contribution in [-0.4, -0.2) is 34.7 Å². The molecular formula is C13H19BrN4O4. The Bertz CT molecular complexity index is 545. The van der Waals surface area contributed by atoms with E-state index in [-0.39, 0.29) is 5.69 Å². The fraction of sp³-hybridized carbons (Fsp3) is 0.538. The predicted molar refractivity (Wildman–Crippen MR) is 85.9 cm³/mol. The van der Waals surface area contributed by atoms with Gasteiger partial charge in [-0.25, -0.2) is 9.78 Å². The highest BCUT2D eigenvalue weighted by Gasteiger charge is 2.15. The van der Waals surface area contributed by atoms with Crippen LogP contribution in [0, 0.1) is 10.1 Å². The van der Waals surface area contributed by atoms with Crippen molar-refractivity contribution < 1.29 is 14.5 Å². The van der Waals surface area contributed by atoms with Gasteiger partial charge in [-0.1, -0.05) is 0 Å². The van der Waals surface area contributed by atoms with Crippen molar-refractivity contribution in [3.8, 4) is 0 Å². The van der Waals surface area contributed by atoms with Crippen molar-refractivity contribution in [2.75, 3.05) is 18.4 Å². The molecule has 1 amide bonds. The standard InChI is InChI=1S/C13H19BrN4O4/c1-13(2,3)22-12(19)16-6-4-5-15-11-10(14)7-9(8-17-11)18(20)21/h7-8H,4-6H2,1-3H3,(H,15,17)(H,16,19). The Labute approximate surface area is 136 Å². The summed E-state index contributed by atoms with van der Waals surface area (Å²) < 4.78 is 5.62. The Morgan fingerprint density at radius 2 is 2.14 bits per heavy atom. The van der Waals surface area contributed by atoms with Gasteiger partial charge < -0.3 is 15.4 Å². The van der Waals surface area contributed by atoms with Crippen LogP contribution in [-0.2, 0) is 4.74 Å². The minimum Gasteiger partial charge on any atom is -0.444 e. The lowest BCUT2D eigenvalue weighted by molar-refractivity contribution is -0.385. The van der Waals surface area contributed by atoms with Crippen LogP contribution in [0.3, 0.4) is 0 Å². The molecule has 0 radical (unpaired) electrons. The van der Waals surface area contributed by atoms with Crippen LogP contribution >= 0.6 is 15.9 Å². The summed E-state index contributed by atoms with van der Waals surface area (Å²) in [6, 6.07) is 1.38. The summed E-state index contributed by atoms with van der Waals surface area (Å²) >= 11 is 3.22. The molecule has 9 heteroatoms. The average Bonchev–Trinajstić information content (AvgIpc) is 2.37. The number of hydrogen-bond acceptors (Lipinski definition) is 6. The van der Waals surface area contributed by atoms with Crippen molar-refractivity contribution in [3.63, 3.8) is 0 Å². The van der Waals surface area contributed by atoms with E-state index >= 15 is 0 Å². The fourth-order valence-corrected chi connectivity index (χ4v) is 1.93. The van der Waals surface area contributed by atoms with Gasteiger partial charge in [-0.15, -0.1) is 0 Å². The van der Waals surface area contributed by atoms with E-state index in [9.17, 15) is 14.9 Å². The first-order valence-electron chi connectivity index (χ1n) is 6.70. The summed E-state index contributed by atoms with van der Waals surface area (Å²) in [4.78, 5) is 25.5. The Balaban J connectivity index is 2.31. The highest BCUT2D eigenvalue weighted by molar-refractivity contribution is 9.10. The summed E-state index contributed by atoms with van der Waals surface area (Å²) in [5.74, 6) is 0.517. The van der Waals surface area contributed by atoms with Gasteiger partial charge in [0, 0.05) is 19.2 Å². The molecule has 0 aromatic carbocycles. The van der Waals surface area contributed by atoms with Crippen LogP contribution < -0.4 is 10.6 Å². The Morgan fingerprint density at radius 3 is 2.68 bits per heavy atom. The number of rotatable bonds is 6. The van der Waals surface area contributed by atoms with Crippen LogP contribution in [0.4, 0.5) is 16.3 Å². The van der Waals surface area contributed by atoms with Crippen molar-refractivity contribution >= 4 is 33.5 Å². The highest BCUT2D eigenvalue weighted by Crippen LogP contribution is 2.24. The van der Waals surface area contributed by atoms with E-state index in [0.717, 1.165) is 0 Å². The number of aromatic nitrogens is 1. The highest BCUT2D eigenvalue weighted by atomic mass is 79.9. The Morgan fingerprint density at radius 1 is 1.45 bits per heavy atom. The summed E-state index contributed by atoms with van der Waals surface area (Å²) in [6.07, 6.45) is 1.39. The van der Waals surface area contributed by atoms with E-state index in [4.69, 9.17) is 4.74 Å². The number of anilines is 1. The van der Waals surface area contributed by atoms with Gasteiger partial charge >= 0.3 is 6.09 Å². The molecule has 1 aromatic heterocycles. The number of pyridine rings is 1. The second-order valence-electron chi connectivity index (χ2n) is 5.49. The normalized spacial score (nSPS) is 10.9. The molecule has 0 aliphatic rings. The molecule has 0 atom stereocenters. The molecule has 1 rings (SSSR count). The largest absolute Gasteiger partial charge is 0.444 e. The number of nitro groups is 1. The van der Waals surface area contributed by atoms with Gasteiger partial charge in [0.25, 0.3) is 5.69 Å². The average molecular weight is 375 g/mol. The zero-order chi connectivity index (χ0) is 16.8. The molecule has 0 fully saturated rings. The summed E-state index contributed by atoms with van der Waals surface area (Å²) in [5.41, 5.74) is -0.598. The topological polar surface area (TPSA) is 106 Å². The Hall–Kier alpha value is -1.90. The lowest BCUT2D eigenvalue weighted by atomic mass is 10.2. The molecular weight excluding hydrogens is 356 g/mol. The van der Waals surface area contributed by atoms with Gasteiger partial charge in [-0.2, -0.15) is 0 Å². The molecule has 8 nitrogen and oxygen atoms in total. The molecule has 0 aliphatic heterocycles. The van der Waals surface area contributed by atoms with Gasteiger partial charge in [-0.05, 0) is 43.1 Å². The quantitative estimate of drug-likeness (QED) is 0.450. The molecule has 22 heavy (non-hydrogen) atoms. The molecule has 0 saturated carbocycles. The summed E-state index contributed by atoms with van der Waals surface area (Å²) in [5, 5.41) is 16.3. The van der Waals surface area contributed by atoms with Crippen molar-refractivity contribution in [2.24, 2.45) is 0 Å². The van der Waals surface area contributed by atoms with Crippen molar-refractivity contribution in [1.82, 2.24) is 10.3 Å². The number of halogens is 1. The summed E-state index contributed by atoms with van der Waals surface area (Å²) in [6.45, 7) is 6.40. The first kappa shape index (κ1) is 18.1. The zero-order valence-electron chi connectivity index (χ0n) is 12.7. The maximum Gasteiger partial charge on any atom is 0.407 e. The molecule has 0 unspecified atom stereocenters. The van der Waals surface area contributed by atoms with Crippen molar-refractivity contribution in [1.29, 1.82) is 0 Å².